The summed E-state index contributed by atoms with van der Waals surface area (Å²) in [6.07, 6.45) is 2.50. The van der Waals surface area contributed by atoms with Crippen LogP contribution in [0.5, 0.6) is 0 Å². The van der Waals surface area contributed by atoms with Crippen LogP contribution < -0.4 is 5.32 Å². The van der Waals surface area contributed by atoms with Crippen LogP contribution in [0.4, 0.5) is 4.39 Å². The first-order chi connectivity index (χ1) is 8.56. The number of rotatable bonds is 0. The quantitative estimate of drug-likeness (QED) is 0.721. The van der Waals surface area contributed by atoms with Gasteiger partial charge in [0.25, 0.3) is 0 Å². The lowest BCUT2D eigenvalue weighted by atomic mass is 10.2. The Morgan fingerprint density at radius 2 is 1.83 bits per heavy atom. The topological polar surface area (TPSA) is 62.0 Å². The van der Waals surface area contributed by atoms with Gasteiger partial charge in [0, 0.05) is 29.9 Å². The van der Waals surface area contributed by atoms with Crippen LogP contribution in [0, 0.1) is 5.82 Å². The lowest BCUT2D eigenvalue weighted by Gasteiger charge is -1.93. The molecule has 0 spiro atoms. The van der Waals surface area contributed by atoms with E-state index in [9.17, 15) is 14.0 Å². The van der Waals surface area contributed by atoms with Crippen LogP contribution in [0.1, 0.15) is 12.8 Å². The summed E-state index contributed by atoms with van der Waals surface area (Å²) >= 11 is 5.55. The van der Waals surface area contributed by atoms with Crippen LogP contribution in [0.2, 0.25) is 5.02 Å². The van der Waals surface area contributed by atoms with Crippen molar-refractivity contribution in [1.29, 1.82) is 0 Å². The number of benzene rings is 1. The first-order valence-electron chi connectivity index (χ1n) is 5.31. The van der Waals surface area contributed by atoms with Crippen LogP contribution >= 0.6 is 11.6 Å². The van der Waals surface area contributed by atoms with Crippen LogP contribution in [-0.4, -0.2) is 16.8 Å². The number of nitrogens with one attached hydrogen (secondary N) is 2. The largest absolute Gasteiger partial charge is 0.361 e. The van der Waals surface area contributed by atoms with E-state index in [2.05, 4.69) is 10.3 Å². The highest BCUT2D eigenvalue weighted by atomic mass is 35.5. The maximum atomic E-state index is 12.8. The Morgan fingerprint density at radius 1 is 1.17 bits per heavy atom. The monoisotopic (exact) mass is 268 g/mol. The molecule has 3 rings (SSSR count). The zero-order chi connectivity index (χ0) is 13.1. The molecular formula is C12H10ClFN2O2. The van der Waals surface area contributed by atoms with Crippen molar-refractivity contribution in [1.82, 2.24) is 10.3 Å². The number of hydrogen-bond acceptors (Lipinski definition) is 2. The summed E-state index contributed by atoms with van der Waals surface area (Å²) in [4.78, 5) is 23.2. The van der Waals surface area contributed by atoms with Gasteiger partial charge in [0.15, 0.2) is 0 Å². The van der Waals surface area contributed by atoms with Gasteiger partial charge in [0.05, 0.1) is 5.02 Å². The number of amides is 2. The second-order valence-corrected chi connectivity index (χ2v) is 4.21. The van der Waals surface area contributed by atoms with E-state index in [1.165, 1.54) is 6.07 Å². The highest BCUT2D eigenvalue weighted by Gasteiger charge is 2.15. The first kappa shape index (κ1) is 12.6. The molecule has 18 heavy (non-hydrogen) atoms. The summed E-state index contributed by atoms with van der Waals surface area (Å²) in [6, 6.07) is 4.79. The predicted molar refractivity (Wildman–Crippen MR) is 65.7 cm³/mol. The number of halogens is 2. The van der Waals surface area contributed by atoms with E-state index < -0.39 is 0 Å². The fourth-order valence-electron chi connectivity index (χ4n) is 1.55. The number of carbonyl (C=O) groups excluding carboxylic acids is 2. The van der Waals surface area contributed by atoms with E-state index in [1.807, 2.05) is 0 Å². The molecule has 1 fully saturated rings. The van der Waals surface area contributed by atoms with Gasteiger partial charge >= 0.3 is 0 Å². The van der Waals surface area contributed by atoms with E-state index in [0.29, 0.717) is 12.8 Å². The molecule has 2 heterocycles. The first-order valence-corrected chi connectivity index (χ1v) is 5.69. The van der Waals surface area contributed by atoms with Gasteiger partial charge in [-0.15, -0.1) is 0 Å². The van der Waals surface area contributed by atoms with Gasteiger partial charge in [-0.2, -0.15) is 0 Å². The Labute approximate surface area is 107 Å². The minimum atomic E-state index is -0.376. The molecule has 1 saturated heterocycles. The molecule has 1 aliphatic rings. The number of aromatic amines is 1. The Kier molecular flexibility index (Phi) is 3.62. The van der Waals surface area contributed by atoms with Gasteiger partial charge in [0.2, 0.25) is 11.8 Å². The molecule has 0 aliphatic carbocycles. The van der Waals surface area contributed by atoms with Gasteiger partial charge in [-0.3, -0.25) is 14.9 Å². The molecule has 0 radical (unpaired) electrons. The summed E-state index contributed by atoms with van der Waals surface area (Å²) in [6.45, 7) is 0. The molecule has 1 aromatic carbocycles. The fourth-order valence-corrected chi connectivity index (χ4v) is 1.72. The number of fused-ring (bicyclic) bond motifs is 1. The summed E-state index contributed by atoms with van der Waals surface area (Å²) in [7, 11) is 0. The molecule has 1 aliphatic heterocycles. The minimum absolute atomic E-state index is 0.148. The second-order valence-electron chi connectivity index (χ2n) is 3.80. The molecule has 2 N–H and O–H groups in total. The standard InChI is InChI=1S/C8H5ClFN.C4H5NO2/c9-6-4-8-5(1-2-11-8)3-7(6)10;6-3-1-2-4(7)5-3/h1-4,11H;1-2H2,(H,5,6,7). The SMILES string of the molecule is Fc1cc2cc[nH]c2cc1Cl.O=C1CCC(=O)N1. The third kappa shape index (κ3) is 2.87. The van der Waals surface area contributed by atoms with Crippen molar-refractivity contribution in [2.75, 3.05) is 0 Å². The molecule has 6 heteroatoms. The average molecular weight is 269 g/mol. The molecule has 2 aromatic rings. The molecule has 0 atom stereocenters. The molecule has 2 amide bonds. The average Bonchev–Trinajstić information content (AvgIpc) is 2.89. The zero-order valence-electron chi connectivity index (χ0n) is 9.30. The highest BCUT2D eigenvalue weighted by molar-refractivity contribution is 6.31. The lowest BCUT2D eigenvalue weighted by molar-refractivity contribution is -0.124. The van der Waals surface area contributed by atoms with Gasteiger partial charge in [-0.05, 0) is 18.2 Å². The fraction of sp³-hybridized carbons (Fsp3) is 0.167. The summed E-state index contributed by atoms with van der Waals surface area (Å²) < 4.78 is 12.8. The maximum absolute atomic E-state index is 12.8. The smallest absolute Gasteiger partial charge is 0.227 e. The number of hydrogen-bond donors (Lipinski definition) is 2. The van der Waals surface area contributed by atoms with Crippen LogP contribution in [0.3, 0.4) is 0 Å². The summed E-state index contributed by atoms with van der Waals surface area (Å²) in [5.74, 6) is -0.672. The van der Waals surface area contributed by atoms with Gasteiger partial charge < -0.3 is 4.98 Å². The zero-order valence-corrected chi connectivity index (χ0v) is 10.1. The number of carbonyl (C=O) groups is 2. The minimum Gasteiger partial charge on any atom is -0.361 e. The van der Waals surface area contributed by atoms with Crippen LogP contribution in [-0.2, 0) is 9.59 Å². The molecule has 0 bridgehead atoms. The third-order valence-electron chi connectivity index (χ3n) is 2.45. The normalized spacial score (nSPS) is 14.3. The summed E-state index contributed by atoms with van der Waals surface area (Å²) in [5.41, 5.74) is 0.858. The van der Waals surface area contributed by atoms with E-state index in [4.69, 9.17) is 11.6 Å². The van der Waals surface area contributed by atoms with Crippen molar-refractivity contribution in [3.63, 3.8) is 0 Å². The van der Waals surface area contributed by atoms with E-state index >= 15 is 0 Å². The van der Waals surface area contributed by atoms with Crippen molar-refractivity contribution in [2.45, 2.75) is 12.8 Å². The molecule has 4 nitrogen and oxygen atoms in total. The summed E-state index contributed by atoms with van der Waals surface area (Å²) in [5, 5.41) is 3.13. The molecular weight excluding hydrogens is 259 g/mol. The van der Waals surface area contributed by atoms with Gasteiger partial charge in [-0.1, -0.05) is 11.6 Å². The van der Waals surface area contributed by atoms with Crippen LogP contribution in [0.15, 0.2) is 24.4 Å². The molecule has 0 saturated carbocycles. The Balaban J connectivity index is 0.000000149. The highest BCUT2D eigenvalue weighted by Crippen LogP contribution is 2.21. The van der Waals surface area contributed by atoms with Crippen molar-refractivity contribution in [2.24, 2.45) is 0 Å². The van der Waals surface area contributed by atoms with Crippen molar-refractivity contribution < 1.29 is 14.0 Å². The number of imide groups is 1. The maximum Gasteiger partial charge on any atom is 0.227 e. The Hall–Kier alpha value is -1.88. The number of aromatic nitrogens is 1. The predicted octanol–water partition coefficient (Wildman–Crippen LogP) is 2.38. The van der Waals surface area contributed by atoms with Gasteiger partial charge in [0.1, 0.15) is 5.82 Å². The molecule has 94 valence electrons. The van der Waals surface area contributed by atoms with Crippen molar-refractivity contribution in [3.05, 3.63) is 35.2 Å². The van der Waals surface area contributed by atoms with Crippen molar-refractivity contribution >= 4 is 34.3 Å². The van der Waals surface area contributed by atoms with Gasteiger partial charge in [-0.25, -0.2) is 4.39 Å². The van der Waals surface area contributed by atoms with E-state index in [-0.39, 0.29) is 22.7 Å². The second kappa shape index (κ2) is 5.18. The van der Waals surface area contributed by atoms with E-state index in [1.54, 1.807) is 18.3 Å². The van der Waals surface area contributed by atoms with Crippen LogP contribution in [0.25, 0.3) is 10.9 Å². The van der Waals surface area contributed by atoms with Crippen molar-refractivity contribution in [3.8, 4) is 0 Å². The number of H-pyrrole nitrogens is 1. The lowest BCUT2D eigenvalue weighted by Crippen LogP contribution is -2.18. The molecule has 0 unspecified atom stereocenters. The molecule has 1 aromatic heterocycles. The van der Waals surface area contributed by atoms with E-state index in [0.717, 1.165) is 10.9 Å². The Bertz CT molecular complexity index is 559. The third-order valence-corrected chi connectivity index (χ3v) is 2.74. The Morgan fingerprint density at radius 3 is 2.39 bits per heavy atom.